The van der Waals surface area contributed by atoms with Crippen molar-refractivity contribution in [2.24, 2.45) is 0 Å². The number of nitrogens with one attached hydrogen (secondary N) is 2. The second kappa shape index (κ2) is 7.34. The number of amides is 1. The highest BCUT2D eigenvalue weighted by atomic mass is 79.9. The van der Waals surface area contributed by atoms with Gasteiger partial charge in [0.1, 0.15) is 0 Å². The first-order valence-corrected chi connectivity index (χ1v) is 6.80. The number of piperidine rings is 1. The molecule has 1 heterocycles. The quantitative estimate of drug-likeness (QED) is 0.858. The smallest absolute Gasteiger partial charge is 0.251 e. The Morgan fingerprint density at radius 1 is 1.39 bits per heavy atom. The van der Waals surface area contributed by atoms with Gasteiger partial charge in [0, 0.05) is 16.1 Å². The van der Waals surface area contributed by atoms with Gasteiger partial charge < -0.3 is 10.6 Å². The van der Waals surface area contributed by atoms with Gasteiger partial charge in [-0.3, -0.25) is 4.79 Å². The standard InChI is InChI=1S/C12H14BrClN2O.ClH/c13-10-2-1-8(7-11(10)14)12(17)16-9-3-5-15-6-4-9;/h1-2,7,9,15H,3-6H2,(H,16,17);1H. The van der Waals surface area contributed by atoms with E-state index in [0.717, 1.165) is 30.4 Å². The third-order valence-electron chi connectivity index (χ3n) is 2.86. The second-order valence-corrected chi connectivity index (χ2v) is 5.39. The van der Waals surface area contributed by atoms with Crippen LogP contribution in [0.15, 0.2) is 22.7 Å². The lowest BCUT2D eigenvalue weighted by Gasteiger charge is -2.23. The Morgan fingerprint density at radius 2 is 2.06 bits per heavy atom. The lowest BCUT2D eigenvalue weighted by Crippen LogP contribution is -2.42. The summed E-state index contributed by atoms with van der Waals surface area (Å²) in [5, 5.41) is 6.85. The van der Waals surface area contributed by atoms with Gasteiger partial charge in [0.25, 0.3) is 5.91 Å². The molecule has 1 aliphatic heterocycles. The third-order valence-corrected chi connectivity index (χ3v) is 4.09. The molecule has 0 unspecified atom stereocenters. The number of hydrogen-bond acceptors (Lipinski definition) is 2. The molecule has 0 atom stereocenters. The number of hydrogen-bond donors (Lipinski definition) is 2. The molecule has 1 saturated heterocycles. The van der Waals surface area contributed by atoms with Crippen molar-refractivity contribution in [3.8, 4) is 0 Å². The fraction of sp³-hybridized carbons (Fsp3) is 0.417. The molecule has 2 N–H and O–H groups in total. The van der Waals surface area contributed by atoms with Gasteiger partial charge in [-0.05, 0) is 60.1 Å². The highest BCUT2D eigenvalue weighted by Crippen LogP contribution is 2.23. The lowest BCUT2D eigenvalue weighted by molar-refractivity contribution is 0.0929. The van der Waals surface area contributed by atoms with Crippen molar-refractivity contribution in [3.63, 3.8) is 0 Å². The van der Waals surface area contributed by atoms with E-state index in [2.05, 4.69) is 26.6 Å². The average molecular weight is 354 g/mol. The van der Waals surface area contributed by atoms with Gasteiger partial charge in [-0.15, -0.1) is 12.4 Å². The topological polar surface area (TPSA) is 41.1 Å². The minimum Gasteiger partial charge on any atom is -0.349 e. The van der Waals surface area contributed by atoms with Crippen LogP contribution in [0.3, 0.4) is 0 Å². The van der Waals surface area contributed by atoms with Crippen LogP contribution < -0.4 is 10.6 Å². The maximum atomic E-state index is 12.0. The highest BCUT2D eigenvalue weighted by Gasteiger charge is 2.16. The second-order valence-electron chi connectivity index (χ2n) is 4.13. The van der Waals surface area contributed by atoms with Crippen LogP contribution in [0.2, 0.25) is 5.02 Å². The molecule has 0 spiro atoms. The van der Waals surface area contributed by atoms with Gasteiger partial charge >= 0.3 is 0 Å². The molecular weight excluding hydrogens is 339 g/mol. The number of benzene rings is 1. The molecule has 0 aliphatic carbocycles. The molecule has 0 bridgehead atoms. The number of carbonyl (C=O) groups excluding carboxylic acids is 1. The van der Waals surface area contributed by atoms with E-state index in [4.69, 9.17) is 11.6 Å². The van der Waals surface area contributed by atoms with Crippen LogP contribution in [0.25, 0.3) is 0 Å². The summed E-state index contributed by atoms with van der Waals surface area (Å²) in [6.45, 7) is 1.93. The molecule has 6 heteroatoms. The van der Waals surface area contributed by atoms with Gasteiger partial charge in [0.05, 0.1) is 5.02 Å². The largest absolute Gasteiger partial charge is 0.349 e. The lowest BCUT2D eigenvalue weighted by atomic mass is 10.1. The molecule has 1 aromatic carbocycles. The molecule has 0 radical (unpaired) electrons. The maximum Gasteiger partial charge on any atom is 0.251 e. The zero-order valence-corrected chi connectivity index (χ0v) is 12.9. The van der Waals surface area contributed by atoms with Crippen molar-refractivity contribution >= 4 is 45.8 Å². The van der Waals surface area contributed by atoms with E-state index in [-0.39, 0.29) is 24.4 Å². The zero-order chi connectivity index (χ0) is 12.3. The molecule has 2 rings (SSSR count). The van der Waals surface area contributed by atoms with Crippen LogP contribution in [0.5, 0.6) is 0 Å². The van der Waals surface area contributed by atoms with Gasteiger partial charge in [-0.2, -0.15) is 0 Å². The summed E-state index contributed by atoms with van der Waals surface area (Å²) >= 11 is 9.27. The summed E-state index contributed by atoms with van der Waals surface area (Å²) in [5.41, 5.74) is 0.608. The third kappa shape index (κ3) is 4.12. The summed E-state index contributed by atoms with van der Waals surface area (Å²) in [6.07, 6.45) is 1.96. The van der Waals surface area contributed by atoms with Crippen LogP contribution in [-0.2, 0) is 0 Å². The summed E-state index contributed by atoms with van der Waals surface area (Å²) < 4.78 is 0.803. The summed E-state index contributed by atoms with van der Waals surface area (Å²) in [7, 11) is 0. The van der Waals surface area contributed by atoms with E-state index >= 15 is 0 Å². The van der Waals surface area contributed by atoms with Crippen LogP contribution in [0, 0.1) is 0 Å². The first-order valence-electron chi connectivity index (χ1n) is 5.63. The van der Waals surface area contributed by atoms with Crippen molar-refractivity contribution in [1.82, 2.24) is 10.6 Å². The average Bonchev–Trinajstić information content (AvgIpc) is 2.34. The molecule has 1 aliphatic rings. The van der Waals surface area contributed by atoms with Crippen molar-refractivity contribution in [2.75, 3.05) is 13.1 Å². The minimum absolute atomic E-state index is 0. The van der Waals surface area contributed by atoms with Gasteiger partial charge in [-0.25, -0.2) is 0 Å². The van der Waals surface area contributed by atoms with Gasteiger partial charge in [-0.1, -0.05) is 11.6 Å². The van der Waals surface area contributed by atoms with Gasteiger partial charge in [0.15, 0.2) is 0 Å². The zero-order valence-electron chi connectivity index (χ0n) is 9.71. The molecule has 0 saturated carbocycles. The van der Waals surface area contributed by atoms with Crippen LogP contribution in [-0.4, -0.2) is 25.0 Å². The first kappa shape index (κ1) is 15.8. The normalized spacial score (nSPS) is 15.9. The highest BCUT2D eigenvalue weighted by molar-refractivity contribution is 9.10. The molecule has 18 heavy (non-hydrogen) atoms. The predicted octanol–water partition coefficient (Wildman–Crippen LogP) is 3.01. The fourth-order valence-electron chi connectivity index (χ4n) is 1.87. The molecule has 0 aromatic heterocycles. The fourth-order valence-corrected chi connectivity index (χ4v) is 2.30. The van der Waals surface area contributed by atoms with Gasteiger partial charge in [0.2, 0.25) is 0 Å². The van der Waals surface area contributed by atoms with Crippen molar-refractivity contribution in [3.05, 3.63) is 33.3 Å². The molecule has 1 fully saturated rings. The van der Waals surface area contributed by atoms with Crippen LogP contribution in [0.4, 0.5) is 0 Å². The maximum absolute atomic E-state index is 12.0. The summed E-state index contributed by atoms with van der Waals surface area (Å²) in [6, 6.07) is 5.51. The Labute approximate surface area is 126 Å². The Hall–Kier alpha value is -0.290. The molecule has 1 aromatic rings. The molecule has 1 amide bonds. The van der Waals surface area contributed by atoms with E-state index in [1.807, 2.05) is 0 Å². The van der Waals surface area contributed by atoms with Crippen LogP contribution in [0.1, 0.15) is 23.2 Å². The Morgan fingerprint density at radius 3 is 2.67 bits per heavy atom. The van der Waals surface area contributed by atoms with Crippen molar-refractivity contribution in [2.45, 2.75) is 18.9 Å². The number of carbonyl (C=O) groups is 1. The summed E-state index contributed by atoms with van der Waals surface area (Å²) in [5.74, 6) is -0.0497. The Kier molecular flexibility index (Phi) is 6.43. The SMILES string of the molecule is Cl.O=C(NC1CCNCC1)c1ccc(Br)c(Cl)c1. The molecule has 3 nitrogen and oxygen atoms in total. The summed E-state index contributed by atoms with van der Waals surface area (Å²) in [4.78, 5) is 12.0. The van der Waals surface area contributed by atoms with E-state index in [0.29, 0.717) is 10.6 Å². The van der Waals surface area contributed by atoms with E-state index < -0.39 is 0 Å². The van der Waals surface area contributed by atoms with E-state index in [1.54, 1.807) is 18.2 Å². The van der Waals surface area contributed by atoms with E-state index in [9.17, 15) is 4.79 Å². The van der Waals surface area contributed by atoms with Crippen molar-refractivity contribution < 1.29 is 4.79 Å². The molecule has 100 valence electrons. The number of halogens is 3. The van der Waals surface area contributed by atoms with Crippen LogP contribution >= 0.6 is 39.9 Å². The predicted molar refractivity (Wildman–Crippen MR) is 79.8 cm³/mol. The first-order chi connectivity index (χ1) is 8.16. The Bertz CT molecular complexity index is 423. The van der Waals surface area contributed by atoms with E-state index in [1.165, 1.54) is 0 Å². The number of rotatable bonds is 2. The van der Waals surface area contributed by atoms with Crippen molar-refractivity contribution in [1.29, 1.82) is 0 Å². The minimum atomic E-state index is -0.0497. The molecular formula is C12H15BrCl2N2O. The Balaban J connectivity index is 0.00000162. The monoisotopic (exact) mass is 352 g/mol.